The van der Waals surface area contributed by atoms with Gasteiger partial charge < -0.3 is 16.2 Å². The first-order valence-electron chi connectivity index (χ1n) is 10.8. The smallest absolute Gasteiger partial charge is 0.251 e. The van der Waals surface area contributed by atoms with Crippen molar-refractivity contribution in [3.05, 3.63) is 66.4 Å². The highest BCUT2D eigenvalue weighted by atomic mass is 32.1. The fourth-order valence-electron chi connectivity index (χ4n) is 4.16. The summed E-state index contributed by atoms with van der Waals surface area (Å²) in [4.78, 5) is 21.9. The molecule has 6 nitrogen and oxygen atoms in total. The maximum atomic E-state index is 12.8. The number of amides is 1. The molecule has 1 saturated carbocycles. The predicted molar refractivity (Wildman–Crippen MR) is 128 cm³/mol. The second-order valence-corrected chi connectivity index (χ2v) is 9.19. The monoisotopic (exact) mass is 444 g/mol. The number of rotatable bonds is 4. The summed E-state index contributed by atoms with van der Waals surface area (Å²) in [7, 11) is 0. The first kappa shape index (κ1) is 20.6. The van der Waals surface area contributed by atoms with E-state index in [2.05, 4.69) is 10.3 Å². The van der Waals surface area contributed by atoms with Crippen LogP contribution in [0.25, 0.3) is 31.9 Å². The molecule has 162 valence electrons. The molecule has 7 heteroatoms. The predicted octanol–water partition coefficient (Wildman–Crippen LogP) is 4.64. The standard InChI is InChI=1S/C25H24N4O2S/c26-23-18(25-29-20-9-2-4-11-22(20)32-25)13-17(14-27-23)15-6-5-7-16(12-15)24(31)28-19-8-1-3-10-21(19)30/h2,4-7,9,11-14,19,21,30H,1,3,8,10H2,(H2,26,27)(H,28,31)/t19-,21-/m0/s1. The number of benzene rings is 2. The lowest BCUT2D eigenvalue weighted by molar-refractivity contribution is 0.0717. The molecule has 2 heterocycles. The molecule has 2 aromatic heterocycles. The summed E-state index contributed by atoms with van der Waals surface area (Å²) in [5.41, 5.74) is 10.2. The summed E-state index contributed by atoms with van der Waals surface area (Å²) in [6, 6.07) is 17.2. The van der Waals surface area contributed by atoms with Crippen LogP contribution in [0.2, 0.25) is 0 Å². The Morgan fingerprint density at radius 3 is 2.75 bits per heavy atom. The third kappa shape index (κ3) is 4.09. The van der Waals surface area contributed by atoms with Crippen molar-refractivity contribution in [2.24, 2.45) is 0 Å². The van der Waals surface area contributed by atoms with Crippen molar-refractivity contribution in [3.8, 4) is 21.7 Å². The van der Waals surface area contributed by atoms with E-state index >= 15 is 0 Å². The largest absolute Gasteiger partial charge is 0.391 e. The summed E-state index contributed by atoms with van der Waals surface area (Å²) in [6.45, 7) is 0. The number of fused-ring (bicyclic) bond motifs is 1. The number of nitrogen functional groups attached to an aromatic ring is 1. The molecule has 0 unspecified atom stereocenters. The molecular weight excluding hydrogens is 420 g/mol. The Labute approximate surface area is 190 Å². The van der Waals surface area contributed by atoms with E-state index in [9.17, 15) is 9.90 Å². The van der Waals surface area contributed by atoms with Crippen molar-refractivity contribution in [3.63, 3.8) is 0 Å². The van der Waals surface area contributed by atoms with Crippen LogP contribution in [-0.4, -0.2) is 33.1 Å². The second kappa shape index (κ2) is 8.68. The molecule has 32 heavy (non-hydrogen) atoms. The minimum atomic E-state index is -0.478. The molecule has 0 radical (unpaired) electrons. The van der Waals surface area contributed by atoms with Crippen molar-refractivity contribution < 1.29 is 9.90 Å². The fourth-order valence-corrected chi connectivity index (χ4v) is 5.15. The fraction of sp³-hybridized carbons (Fsp3) is 0.240. The van der Waals surface area contributed by atoms with Gasteiger partial charge in [-0.2, -0.15) is 0 Å². The van der Waals surface area contributed by atoms with Gasteiger partial charge in [0.2, 0.25) is 0 Å². The third-order valence-corrected chi connectivity index (χ3v) is 7.02. The van der Waals surface area contributed by atoms with Crippen LogP contribution in [0.1, 0.15) is 36.0 Å². The van der Waals surface area contributed by atoms with Gasteiger partial charge in [0.1, 0.15) is 10.8 Å². The lowest BCUT2D eigenvalue weighted by Gasteiger charge is -2.28. The molecule has 1 aliphatic carbocycles. The average molecular weight is 445 g/mol. The van der Waals surface area contributed by atoms with Crippen LogP contribution in [0, 0.1) is 0 Å². The molecule has 0 bridgehead atoms. The number of carbonyl (C=O) groups is 1. The highest BCUT2D eigenvalue weighted by molar-refractivity contribution is 7.21. The van der Waals surface area contributed by atoms with Crippen molar-refractivity contribution in [2.45, 2.75) is 37.8 Å². The lowest BCUT2D eigenvalue weighted by atomic mass is 9.92. The number of aromatic nitrogens is 2. The topological polar surface area (TPSA) is 101 Å². The molecule has 2 atom stereocenters. The highest BCUT2D eigenvalue weighted by Gasteiger charge is 2.25. The number of anilines is 1. The molecule has 0 saturated heterocycles. The average Bonchev–Trinajstić information content (AvgIpc) is 3.25. The SMILES string of the molecule is Nc1ncc(-c2cccc(C(=O)N[C@H]3CCCC[C@@H]3O)c2)cc1-c1nc2ccccc2s1. The van der Waals surface area contributed by atoms with E-state index in [1.54, 1.807) is 23.6 Å². The summed E-state index contributed by atoms with van der Waals surface area (Å²) in [5, 5.41) is 14.0. The molecule has 4 N–H and O–H groups in total. The van der Waals surface area contributed by atoms with Gasteiger partial charge in [0.25, 0.3) is 5.91 Å². The molecule has 5 rings (SSSR count). The van der Waals surface area contributed by atoms with Gasteiger partial charge >= 0.3 is 0 Å². The minimum Gasteiger partial charge on any atom is -0.391 e. The zero-order valence-corrected chi connectivity index (χ0v) is 18.3. The van der Waals surface area contributed by atoms with E-state index in [1.165, 1.54) is 0 Å². The van der Waals surface area contributed by atoms with Crippen LogP contribution in [0.3, 0.4) is 0 Å². The van der Waals surface area contributed by atoms with Crippen LogP contribution in [0.15, 0.2) is 60.8 Å². The highest BCUT2D eigenvalue weighted by Crippen LogP contribution is 2.35. The molecular formula is C25H24N4O2S. The summed E-state index contributed by atoms with van der Waals surface area (Å²) >= 11 is 1.58. The van der Waals surface area contributed by atoms with E-state index in [4.69, 9.17) is 10.7 Å². The molecule has 2 aromatic carbocycles. The van der Waals surface area contributed by atoms with Gasteiger partial charge in [0.05, 0.1) is 27.9 Å². The number of thiazole rings is 1. The summed E-state index contributed by atoms with van der Waals surface area (Å²) < 4.78 is 1.09. The number of hydrogen-bond donors (Lipinski definition) is 3. The zero-order chi connectivity index (χ0) is 22.1. The molecule has 0 spiro atoms. The number of aliphatic hydroxyl groups excluding tert-OH is 1. The van der Waals surface area contributed by atoms with E-state index < -0.39 is 6.10 Å². The minimum absolute atomic E-state index is 0.174. The van der Waals surface area contributed by atoms with E-state index in [1.807, 2.05) is 48.5 Å². The summed E-state index contributed by atoms with van der Waals surface area (Å²) in [5.74, 6) is 0.251. The van der Waals surface area contributed by atoms with Gasteiger partial charge in [-0.1, -0.05) is 37.1 Å². The van der Waals surface area contributed by atoms with Gasteiger partial charge in [0.15, 0.2) is 0 Å². The number of nitrogens with zero attached hydrogens (tertiary/aromatic N) is 2. The van der Waals surface area contributed by atoms with E-state index in [0.29, 0.717) is 11.4 Å². The van der Waals surface area contributed by atoms with Crippen LogP contribution >= 0.6 is 11.3 Å². The Morgan fingerprint density at radius 2 is 1.91 bits per heavy atom. The number of carbonyl (C=O) groups excluding carboxylic acids is 1. The second-order valence-electron chi connectivity index (χ2n) is 8.16. The van der Waals surface area contributed by atoms with Gasteiger partial charge in [-0.05, 0) is 48.7 Å². The normalized spacial score (nSPS) is 18.5. The third-order valence-electron chi connectivity index (χ3n) is 5.95. The first-order chi connectivity index (χ1) is 15.6. The Hall–Kier alpha value is -3.29. The molecule has 0 aliphatic heterocycles. The van der Waals surface area contributed by atoms with Crippen molar-refractivity contribution in [1.29, 1.82) is 0 Å². The van der Waals surface area contributed by atoms with Gasteiger partial charge in [-0.15, -0.1) is 11.3 Å². The van der Waals surface area contributed by atoms with Crippen molar-refractivity contribution in [2.75, 3.05) is 5.73 Å². The van der Waals surface area contributed by atoms with Gasteiger partial charge in [0, 0.05) is 17.3 Å². The maximum Gasteiger partial charge on any atom is 0.251 e. The Bertz CT molecular complexity index is 1250. The number of nitrogens with two attached hydrogens (primary N) is 1. The Kier molecular flexibility index (Phi) is 5.59. The number of aliphatic hydroxyl groups is 1. The van der Waals surface area contributed by atoms with E-state index in [-0.39, 0.29) is 11.9 Å². The molecule has 1 aliphatic rings. The maximum absolute atomic E-state index is 12.8. The number of nitrogens with one attached hydrogen (secondary N) is 1. The quantitative estimate of drug-likeness (QED) is 0.426. The van der Waals surface area contributed by atoms with Crippen LogP contribution in [0.4, 0.5) is 5.82 Å². The lowest BCUT2D eigenvalue weighted by Crippen LogP contribution is -2.45. The number of pyridine rings is 1. The summed E-state index contributed by atoms with van der Waals surface area (Å²) in [6.07, 6.45) is 4.80. The first-order valence-corrected chi connectivity index (χ1v) is 11.6. The van der Waals surface area contributed by atoms with Crippen LogP contribution in [0.5, 0.6) is 0 Å². The Morgan fingerprint density at radius 1 is 1.06 bits per heavy atom. The van der Waals surface area contributed by atoms with Gasteiger partial charge in [-0.25, -0.2) is 9.97 Å². The van der Waals surface area contributed by atoms with Crippen molar-refractivity contribution in [1.82, 2.24) is 15.3 Å². The van der Waals surface area contributed by atoms with E-state index in [0.717, 1.165) is 57.6 Å². The van der Waals surface area contributed by atoms with Crippen LogP contribution < -0.4 is 11.1 Å². The Balaban J connectivity index is 1.44. The molecule has 1 amide bonds. The zero-order valence-electron chi connectivity index (χ0n) is 17.5. The molecule has 4 aromatic rings. The number of hydrogen-bond acceptors (Lipinski definition) is 6. The van der Waals surface area contributed by atoms with Crippen LogP contribution in [-0.2, 0) is 0 Å². The molecule has 1 fully saturated rings. The number of para-hydroxylation sites is 1. The van der Waals surface area contributed by atoms with Gasteiger partial charge in [-0.3, -0.25) is 4.79 Å². The van der Waals surface area contributed by atoms with Crippen molar-refractivity contribution >= 4 is 33.3 Å².